The Balaban J connectivity index is 4.72. The molecule has 0 fully saturated rings. The Morgan fingerprint density at radius 3 is 2.41 bits per heavy atom. The SMILES string of the molecule is C=CCOC(=O)C[C@H](O)[C@H](NC(=O)OC(C)(C)C)[C@H](C)CC. The third kappa shape index (κ3) is 8.67. The van der Waals surface area contributed by atoms with Crippen LogP contribution in [0.1, 0.15) is 47.5 Å². The Morgan fingerprint density at radius 2 is 1.95 bits per heavy atom. The third-order valence-corrected chi connectivity index (χ3v) is 3.09. The largest absolute Gasteiger partial charge is 0.461 e. The molecule has 6 nitrogen and oxygen atoms in total. The molecule has 0 aromatic heterocycles. The van der Waals surface area contributed by atoms with Crippen LogP contribution in [-0.2, 0) is 14.3 Å². The Kier molecular flexibility index (Phi) is 8.79. The molecular formula is C16H29NO5. The summed E-state index contributed by atoms with van der Waals surface area (Å²) in [5.41, 5.74) is -0.627. The molecule has 0 aliphatic heterocycles. The highest BCUT2D eigenvalue weighted by molar-refractivity contribution is 5.71. The molecule has 22 heavy (non-hydrogen) atoms. The summed E-state index contributed by atoms with van der Waals surface area (Å²) >= 11 is 0. The van der Waals surface area contributed by atoms with Gasteiger partial charge in [0.25, 0.3) is 0 Å². The average Bonchev–Trinajstić information content (AvgIpc) is 2.39. The zero-order valence-corrected chi connectivity index (χ0v) is 14.2. The van der Waals surface area contributed by atoms with Crippen LogP contribution in [0.4, 0.5) is 4.79 Å². The van der Waals surface area contributed by atoms with Gasteiger partial charge in [-0.2, -0.15) is 0 Å². The molecule has 0 bridgehead atoms. The van der Waals surface area contributed by atoms with Crippen LogP contribution < -0.4 is 5.32 Å². The van der Waals surface area contributed by atoms with Gasteiger partial charge in [0.05, 0.1) is 18.6 Å². The number of aliphatic hydroxyl groups is 1. The van der Waals surface area contributed by atoms with Crippen molar-refractivity contribution in [2.24, 2.45) is 5.92 Å². The minimum absolute atomic E-state index is 0.0188. The van der Waals surface area contributed by atoms with E-state index in [9.17, 15) is 14.7 Å². The molecule has 3 atom stereocenters. The van der Waals surface area contributed by atoms with E-state index in [1.807, 2.05) is 13.8 Å². The van der Waals surface area contributed by atoms with Crippen LogP contribution >= 0.6 is 0 Å². The molecule has 0 saturated carbocycles. The number of aliphatic hydroxyl groups excluding tert-OH is 1. The van der Waals surface area contributed by atoms with Gasteiger partial charge in [0.2, 0.25) is 0 Å². The maximum Gasteiger partial charge on any atom is 0.407 e. The normalized spacial score (nSPS) is 15.4. The number of carbonyl (C=O) groups is 2. The molecule has 0 aliphatic carbocycles. The van der Waals surface area contributed by atoms with Crippen LogP contribution in [0.15, 0.2) is 12.7 Å². The van der Waals surface area contributed by atoms with E-state index >= 15 is 0 Å². The van der Waals surface area contributed by atoms with Gasteiger partial charge in [-0.1, -0.05) is 32.9 Å². The summed E-state index contributed by atoms with van der Waals surface area (Å²) < 4.78 is 10.0. The number of hydrogen-bond donors (Lipinski definition) is 2. The number of hydrogen-bond acceptors (Lipinski definition) is 5. The average molecular weight is 315 g/mol. The van der Waals surface area contributed by atoms with Crippen LogP contribution in [0.2, 0.25) is 0 Å². The molecule has 6 heteroatoms. The van der Waals surface area contributed by atoms with Crippen molar-refractivity contribution in [3.8, 4) is 0 Å². The van der Waals surface area contributed by atoms with E-state index < -0.39 is 29.8 Å². The summed E-state index contributed by atoms with van der Waals surface area (Å²) in [6, 6.07) is -0.587. The van der Waals surface area contributed by atoms with E-state index in [1.165, 1.54) is 6.08 Å². The van der Waals surface area contributed by atoms with Gasteiger partial charge in [0, 0.05) is 0 Å². The van der Waals surface area contributed by atoms with Gasteiger partial charge in [0.15, 0.2) is 0 Å². The van der Waals surface area contributed by atoms with Crippen LogP contribution in [0.5, 0.6) is 0 Å². The van der Waals surface area contributed by atoms with Crippen molar-refractivity contribution in [3.05, 3.63) is 12.7 Å². The third-order valence-electron chi connectivity index (χ3n) is 3.09. The topological polar surface area (TPSA) is 84.9 Å². The van der Waals surface area contributed by atoms with E-state index in [-0.39, 0.29) is 18.9 Å². The lowest BCUT2D eigenvalue weighted by Gasteiger charge is -2.30. The lowest BCUT2D eigenvalue weighted by atomic mass is 9.93. The van der Waals surface area contributed by atoms with Crippen molar-refractivity contribution in [1.82, 2.24) is 5.32 Å². The second kappa shape index (κ2) is 9.46. The van der Waals surface area contributed by atoms with E-state index in [1.54, 1.807) is 20.8 Å². The lowest BCUT2D eigenvalue weighted by molar-refractivity contribution is -0.145. The van der Waals surface area contributed by atoms with Crippen molar-refractivity contribution in [3.63, 3.8) is 0 Å². The molecule has 0 aromatic carbocycles. The zero-order chi connectivity index (χ0) is 17.3. The highest BCUT2D eigenvalue weighted by Crippen LogP contribution is 2.16. The van der Waals surface area contributed by atoms with E-state index in [0.29, 0.717) is 0 Å². The number of alkyl carbamates (subject to hydrolysis) is 1. The zero-order valence-electron chi connectivity index (χ0n) is 14.2. The number of esters is 1. The molecule has 0 aromatic rings. The van der Waals surface area contributed by atoms with E-state index in [0.717, 1.165) is 6.42 Å². The minimum Gasteiger partial charge on any atom is -0.461 e. The van der Waals surface area contributed by atoms with Crippen molar-refractivity contribution >= 4 is 12.1 Å². The first-order chi connectivity index (χ1) is 10.1. The van der Waals surface area contributed by atoms with Crippen LogP contribution in [0.3, 0.4) is 0 Å². The molecule has 1 amide bonds. The van der Waals surface area contributed by atoms with Crippen molar-refractivity contribution in [1.29, 1.82) is 0 Å². The Hall–Kier alpha value is -1.56. The Bertz CT molecular complexity index is 375. The molecule has 0 rings (SSSR count). The molecule has 0 spiro atoms. The lowest BCUT2D eigenvalue weighted by Crippen LogP contribution is -2.49. The molecule has 0 saturated heterocycles. The number of ether oxygens (including phenoxy) is 2. The highest BCUT2D eigenvalue weighted by Gasteiger charge is 2.30. The molecule has 0 unspecified atom stereocenters. The molecule has 128 valence electrons. The molecule has 0 radical (unpaired) electrons. The number of nitrogens with one attached hydrogen (secondary N) is 1. The Morgan fingerprint density at radius 1 is 1.36 bits per heavy atom. The second-order valence-electron chi connectivity index (χ2n) is 6.30. The second-order valence-corrected chi connectivity index (χ2v) is 6.30. The maximum atomic E-state index is 11.9. The van der Waals surface area contributed by atoms with Crippen LogP contribution in [-0.4, -0.2) is 41.5 Å². The summed E-state index contributed by atoms with van der Waals surface area (Å²) in [4.78, 5) is 23.4. The van der Waals surface area contributed by atoms with Gasteiger partial charge in [-0.25, -0.2) is 4.79 Å². The quantitative estimate of drug-likeness (QED) is 0.531. The van der Waals surface area contributed by atoms with Gasteiger partial charge >= 0.3 is 12.1 Å². The molecule has 2 N–H and O–H groups in total. The fourth-order valence-corrected chi connectivity index (χ4v) is 1.82. The predicted octanol–water partition coefficient (Wildman–Crippen LogP) is 2.41. The summed E-state index contributed by atoms with van der Waals surface area (Å²) in [6.45, 7) is 12.6. The van der Waals surface area contributed by atoms with E-state index in [4.69, 9.17) is 9.47 Å². The van der Waals surface area contributed by atoms with Crippen LogP contribution in [0.25, 0.3) is 0 Å². The van der Waals surface area contributed by atoms with Crippen molar-refractivity contribution in [2.75, 3.05) is 6.61 Å². The molecule has 0 aliphatic rings. The van der Waals surface area contributed by atoms with Gasteiger partial charge in [-0.15, -0.1) is 0 Å². The molecular weight excluding hydrogens is 286 g/mol. The van der Waals surface area contributed by atoms with Gasteiger partial charge in [-0.3, -0.25) is 4.79 Å². The first-order valence-electron chi connectivity index (χ1n) is 7.54. The summed E-state index contributed by atoms with van der Waals surface area (Å²) in [5, 5.41) is 12.9. The molecule has 0 heterocycles. The predicted molar refractivity (Wildman–Crippen MR) is 84.4 cm³/mol. The minimum atomic E-state index is -1.04. The number of rotatable bonds is 8. The van der Waals surface area contributed by atoms with Gasteiger partial charge in [-0.05, 0) is 26.7 Å². The maximum absolute atomic E-state index is 11.9. The fraction of sp³-hybridized carbons (Fsp3) is 0.750. The van der Waals surface area contributed by atoms with Gasteiger partial charge in [0.1, 0.15) is 12.2 Å². The highest BCUT2D eigenvalue weighted by atomic mass is 16.6. The van der Waals surface area contributed by atoms with E-state index in [2.05, 4.69) is 11.9 Å². The van der Waals surface area contributed by atoms with Crippen LogP contribution in [0, 0.1) is 5.92 Å². The number of carbonyl (C=O) groups excluding carboxylic acids is 2. The number of amides is 1. The standard InChI is InChI=1S/C16H29NO5/c1-7-9-21-13(19)10-12(18)14(11(3)8-2)17-15(20)22-16(4,5)6/h7,11-12,14,18H,1,8-10H2,2-6H3,(H,17,20)/t11-,12+,14-/m1/s1. The van der Waals surface area contributed by atoms with Gasteiger partial charge < -0.3 is 19.9 Å². The Labute approximate surface area is 132 Å². The van der Waals surface area contributed by atoms with Crippen molar-refractivity contribution < 1.29 is 24.2 Å². The first kappa shape index (κ1) is 20.4. The fourth-order valence-electron chi connectivity index (χ4n) is 1.82. The summed E-state index contributed by atoms with van der Waals surface area (Å²) in [7, 11) is 0. The first-order valence-corrected chi connectivity index (χ1v) is 7.54. The summed E-state index contributed by atoms with van der Waals surface area (Å²) in [5.74, 6) is -0.554. The summed E-state index contributed by atoms with van der Waals surface area (Å²) in [6.07, 6.45) is 0.337. The monoisotopic (exact) mass is 315 g/mol. The smallest absolute Gasteiger partial charge is 0.407 e. The van der Waals surface area contributed by atoms with Crippen molar-refractivity contribution in [2.45, 2.75) is 65.2 Å².